The van der Waals surface area contributed by atoms with Crippen molar-refractivity contribution in [2.45, 2.75) is 12.8 Å². The van der Waals surface area contributed by atoms with Crippen LogP contribution in [0.4, 0.5) is 5.69 Å². The standard InChI is InChI=1S/C15H12BrNO4/c16-9-5-8(15(20)21)6-10(7-9)17-13(18)11-3-1-2-4-12(11)14(17)19/h1-2,5-7,11-12H,3-4H2,(H,20,21)/t11-,12+. The molecule has 108 valence electrons. The number of amides is 2. The van der Waals surface area contributed by atoms with Crippen LogP contribution >= 0.6 is 15.9 Å². The van der Waals surface area contributed by atoms with Gasteiger partial charge in [-0.2, -0.15) is 0 Å². The quantitative estimate of drug-likeness (QED) is 0.657. The number of hydrogen-bond acceptors (Lipinski definition) is 3. The Balaban J connectivity index is 2.03. The molecule has 1 N–H and O–H groups in total. The maximum absolute atomic E-state index is 12.5. The molecule has 3 rings (SSSR count). The van der Waals surface area contributed by atoms with Gasteiger partial charge in [0.25, 0.3) is 0 Å². The van der Waals surface area contributed by atoms with Gasteiger partial charge in [-0.15, -0.1) is 0 Å². The van der Waals surface area contributed by atoms with Gasteiger partial charge < -0.3 is 5.11 Å². The molecular formula is C15H12BrNO4. The summed E-state index contributed by atoms with van der Waals surface area (Å²) in [6.45, 7) is 0. The summed E-state index contributed by atoms with van der Waals surface area (Å²) >= 11 is 3.22. The molecule has 0 radical (unpaired) electrons. The van der Waals surface area contributed by atoms with Crippen LogP contribution in [0.15, 0.2) is 34.8 Å². The van der Waals surface area contributed by atoms with E-state index in [2.05, 4.69) is 15.9 Å². The summed E-state index contributed by atoms with van der Waals surface area (Å²) in [5.41, 5.74) is 0.346. The normalized spacial score (nSPS) is 24.3. The Kier molecular flexibility index (Phi) is 3.41. The predicted octanol–water partition coefficient (Wildman–Crippen LogP) is 2.60. The van der Waals surface area contributed by atoms with Crippen molar-refractivity contribution in [1.82, 2.24) is 0 Å². The van der Waals surface area contributed by atoms with Gasteiger partial charge in [-0.05, 0) is 31.0 Å². The van der Waals surface area contributed by atoms with E-state index >= 15 is 0 Å². The molecule has 2 atom stereocenters. The van der Waals surface area contributed by atoms with Gasteiger partial charge in [0.05, 0.1) is 23.1 Å². The largest absolute Gasteiger partial charge is 0.478 e. The maximum atomic E-state index is 12.5. The summed E-state index contributed by atoms with van der Waals surface area (Å²) in [4.78, 5) is 37.1. The van der Waals surface area contributed by atoms with Gasteiger partial charge in [0.2, 0.25) is 11.8 Å². The van der Waals surface area contributed by atoms with Gasteiger partial charge in [-0.1, -0.05) is 28.1 Å². The Bertz CT molecular complexity index is 656. The highest BCUT2D eigenvalue weighted by molar-refractivity contribution is 9.10. The molecule has 0 unspecified atom stereocenters. The highest BCUT2D eigenvalue weighted by Gasteiger charge is 2.47. The van der Waals surface area contributed by atoms with Crippen molar-refractivity contribution in [3.8, 4) is 0 Å². The highest BCUT2D eigenvalue weighted by Crippen LogP contribution is 2.38. The number of carboxylic acid groups (broad SMARTS) is 1. The van der Waals surface area contributed by atoms with Crippen molar-refractivity contribution in [2.24, 2.45) is 11.8 Å². The molecule has 5 nitrogen and oxygen atoms in total. The zero-order valence-corrected chi connectivity index (χ0v) is 12.5. The van der Waals surface area contributed by atoms with Crippen molar-refractivity contribution in [3.63, 3.8) is 0 Å². The van der Waals surface area contributed by atoms with Gasteiger partial charge in [0, 0.05) is 4.47 Å². The third-order valence-electron chi connectivity index (χ3n) is 3.90. The van der Waals surface area contributed by atoms with E-state index in [0.29, 0.717) is 23.0 Å². The molecule has 0 bridgehead atoms. The Morgan fingerprint density at radius 3 is 2.19 bits per heavy atom. The minimum absolute atomic E-state index is 0.0352. The number of carbonyl (C=O) groups excluding carboxylic acids is 2. The Morgan fingerprint density at radius 1 is 1.10 bits per heavy atom. The molecular weight excluding hydrogens is 338 g/mol. The van der Waals surface area contributed by atoms with Crippen LogP contribution < -0.4 is 4.90 Å². The van der Waals surface area contributed by atoms with Crippen molar-refractivity contribution in [2.75, 3.05) is 4.90 Å². The number of hydrogen-bond donors (Lipinski definition) is 1. The zero-order valence-electron chi connectivity index (χ0n) is 11.0. The zero-order chi connectivity index (χ0) is 15.1. The lowest BCUT2D eigenvalue weighted by molar-refractivity contribution is -0.122. The number of nitrogens with zero attached hydrogens (tertiary/aromatic N) is 1. The van der Waals surface area contributed by atoms with E-state index in [1.54, 1.807) is 6.07 Å². The molecule has 2 aliphatic rings. The summed E-state index contributed by atoms with van der Waals surface area (Å²) in [6.07, 6.45) is 4.95. The van der Waals surface area contributed by atoms with Crippen molar-refractivity contribution < 1.29 is 19.5 Å². The van der Waals surface area contributed by atoms with E-state index in [1.807, 2.05) is 12.2 Å². The number of halogens is 1. The average molecular weight is 350 g/mol. The van der Waals surface area contributed by atoms with Crippen LogP contribution in [0.25, 0.3) is 0 Å². The first-order valence-electron chi connectivity index (χ1n) is 6.55. The molecule has 1 heterocycles. The van der Waals surface area contributed by atoms with Gasteiger partial charge in [-0.25, -0.2) is 9.69 Å². The van der Waals surface area contributed by atoms with Crippen molar-refractivity contribution >= 4 is 39.4 Å². The predicted molar refractivity (Wildman–Crippen MR) is 78.9 cm³/mol. The van der Waals surface area contributed by atoms with Crippen LogP contribution in [-0.4, -0.2) is 22.9 Å². The molecule has 1 saturated heterocycles. The summed E-state index contributed by atoms with van der Waals surface area (Å²) in [5, 5.41) is 9.10. The number of allylic oxidation sites excluding steroid dienone is 2. The number of carbonyl (C=O) groups is 3. The molecule has 1 aromatic carbocycles. The Hall–Kier alpha value is -1.95. The summed E-state index contributed by atoms with van der Waals surface area (Å²) in [7, 11) is 0. The lowest BCUT2D eigenvalue weighted by Gasteiger charge is -2.15. The first-order valence-corrected chi connectivity index (χ1v) is 7.35. The monoisotopic (exact) mass is 349 g/mol. The Morgan fingerprint density at radius 2 is 1.67 bits per heavy atom. The molecule has 6 heteroatoms. The highest BCUT2D eigenvalue weighted by atomic mass is 79.9. The number of fused-ring (bicyclic) bond motifs is 1. The van der Waals surface area contributed by atoms with Crippen LogP contribution in [0.5, 0.6) is 0 Å². The van der Waals surface area contributed by atoms with E-state index < -0.39 is 5.97 Å². The molecule has 0 aromatic heterocycles. The SMILES string of the molecule is O=C(O)c1cc(Br)cc(N2C(=O)[C@H]3CC=CC[C@H]3C2=O)c1. The lowest BCUT2D eigenvalue weighted by Crippen LogP contribution is -2.31. The number of benzene rings is 1. The van der Waals surface area contributed by atoms with Crippen LogP contribution in [-0.2, 0) is 9.59 Å². The molecule has 0 spiro atoms. The van der Waals surface area contributed by atoms with Crippen molar-refractivity contribution in [1.29, 1.82) is 0 Å². The minimum atomic E-state index is -1.10. The number of anilines is 1. The fraction of sp³-hybridized carbons (Fsp3) is 0.267. The fourth-order valence-electron chi connectivity index (χ4n) is 2.88. The van der Waals surface area contributed by atoms with Crippen LogP contribution in [0, 0.1) is 11.8 Å². The summed E-state index contributed by atoms with van der Waals surface area (Å²) < 4.78 is 0.519. The van der Waals surface area contributed by atoms with E-state index in [0.717, 1.165) is 4.90 Å². The van der Waals surface area contributed by atoms with Crippen LogP contribution in [0.1, 0.15) is 23.2 Å². The number of carboxylic acids is 1. The fourth-order valence-corrected chi connectivity index (χ4v) is 3.36. The maximum Gasteiger partial charge on any atom is 0.335 e. The molecule has 1 aliphatic heterocycles. The van der Waals surface area contributed by atoms with Gasteiger partial charge in [0.1, 0.15) is 0 Å². The van der Waals surface area contributed by atoms with E-state index in [-0.39, 0.29) is 29.2 Å². The molecule has 21 heavy (non-hydrogen) atoms. The number of imide groups is 1. The molecule has 1 aromatic rings. The summed E-state index contributed by atoms with van der Waals surface area (Å²) in [6, 6.07) is 4.38. The van der Waals surface area contributed by atoms with Gasteiger partial charge in [-0.3, -0.25) is 9.59 Å². The second-order valence-corrected chi connectivity index (χ2v) is 6.09. The second-order valence-electron chi connectivity index (χ2n) is 5.17. The smallest absolute Gasteiger partial charge is 0.335 e. The van der Waals surface area contributed by atoms with Crippen molar-refractivity contribution in [3.05, 3.63) is 40.4 Å². The molecule has 2 amide bonds. The molecule has 0 saturated carbocycles. The van der Waals surface area contributed by atoms with Crippen LogP contribution in [0.2, 0.25) is 0 Å². The van der Waals surface area contributed by atoms with E-state index in [9.17, 15) is 14.4 Å². The Labute approximate surface area is 129 Å². The number of aromatic carboxylic acids is 1. The minimum Gasteiger partial charge on any atom is -0.478 e. The van der Waals surface area contributed by atoms with Gasteiger partial charge >= 0.3 is 5.97 Å². The lowest BCUT2D eigenvalue weighted by atomic mass is 9.85. The first kappa shape index (κ1) is 14.0. The molecule has 1 fully saturated rings. The van der Waals surface area contributed by atoms with Gasteiger partial charge in [0.15, 0.2) is 0 Å². The molecule has 1 aliphatic carbocycles. The number of rotatable bonds is 2. The third-order valence-corrected chi connectivity index (χ3v) is 4.35. The first-order chi connectivity index (χ1) is 9.99. The van der Waals surface area contributed by atoms with E-state index in [4.69, 9.17) is 5.11 Å². The third kappa shape index (κ3) is 2.29. The summed E-state index contributed by atoms with van der Waals surface area (Å²) in [5.74, 6) is -2.24. The second kappa shape index (κ2) is 5.11. The topological polar surface area (TPSA) is 74.7 Å². The van der Waals surface area contributed by atoms with E-state index in [1.165, 1.54) is 12.1 Å². The van der Waals surface area contributed by atoms with Crippen LogP contribution in [0.3, 0.4) is 0 Å². The average Bonchev–Trinajstić information content (AvgIpc) is 2.71.